The van der Waals surface area contributed by atoms with Crippen molar-refractivity contribution in [2.45, 2.75) is 75.2 Å². The Morgan fingerprint density at radius 1 is 1.37 bits per heavy atom. The average molecular weight is 288 g/mol. The molecule has 1 heterocycles. The highest BCUT2D eigenvalue weighted by atomic mass is 32.2. The molecule has 2 fully saturated rings. The van der Waals surface area contributed by atoms with Gasteiger partial charge in [0, 0.05) is 16.0 Å². The zero-order chi connectivity index (χ0) is 13.9. The molecule has 3 atom stereocenters. The summed E-state index contributed by atoms with van der Waals surface area (Å²) in [5, 5.41) is 8.44. The van der Waals surface area contributed by atoms with Gasteiger partial charge in [-0.2, -0.15) is 0 Å². The molecule has 5 heteroatoms. The van der Waals surface area contributed by atoms with Crippen LogP contribution in [0.5, 0.6) is 0 Å². The maximum atomic E-state index is 12.1. The van der Waals surface area contributed by atoms with Crippen LogP contribution in [-0.4, -0.2) is 38.0 Å². The lowest BCUT2D eigenvalue weighted by atomic mass is 9.83. The van der Waals surface area contributed by atoms with Crippen molar-refractivity contribution in [3.63, 3.8) is 0 Å². The van der Waals surface area contributed by atoms with Gasteiger partial charge in [0.2, 0.25) is 0 Å². The summed E-state index contributed by atoms with van der Waals surface area (Å²) in [6, 6.07) is 0. The Bertz CT molecular complexity index is 349. The third kappa shape index (κ3) is 4.02. The van der Waals surface area contributed by atoms with Crippen molar-refractivity contribution in [2.75, 3.05) is 5.75 Å². The Kier molecular flexibility index (Phi) is 5.01. The van der Waals surface area contributed by atoms with Gasteiger partial charge in [-0.1, -0.05) is 26.2 Å². The largest absolute Gasteiger partial charge is 0.481 e. The van der Waals surface area contributed by atoms with E-state index in [0.717, 1.165) is 25.7 Å². The molecule has 1 aliphatic carbocycles. The third-order valence-electron chi connectivity index (χ3n) is 4.36. The van der Waals surface area contributed by atoms with E-state index in [4.69, 9.17) is 9.84 Å². The summed E-state index contributed by atoms with van der Waals surface area (Å²) in [5.74, 6) is -0.382. The monoisotopic (exact) mass is 288 g/mol. The molecule has 1 aliphatic heterocycles. The van der Waals surface area contributed by atoms with Crippen LogP contribution >= 0.6 is 0 Å². The summed E-state index contributed by atoms with van der Waals surface area (Å²) in [4.78, 5) is 10.6. The highest BCUT2D eigenvalue weighted by Crippen LogP contribution is 2.42. The van der Waals surface area contributed by atoms with Gasteiger partial charge in [-0.05, 0) is 25.7 Å². The van der Waals surface area contributed by atoms with Crippen LogP contribution in [0.3, 0.4) is 0 Å². The smallest absolute Gasteiger partial charge is 0.304 e. The molecule has 0 amide bonds. The molecule has 1 saturated heterocycles. The summed E-state index contributed by atoms with van der Waals surface area (Å²) >= 11 is 0. The molecule has 0 bridgehead atoms. The molecule has 3 unspecified atom stereocenters. The minimum absolute atomic E-state index is 0.0233. The maximum absolute atomic E-state index is 12.1. The molecule has 2 aliphatic rings. The van der Waals surface area contributed by atoms with Crippen molar-refractivity contribution in [3.8, 4) is 0 Å². The molecule has 2 rings (SSSR count). The van der Waals surface area contributed by atoms with Crippen molar-refractivity contribution >= 4 is 16.8 Å². The first-order chi connectivity index (χ1) is 9.01. The summed E-state index contributed by atoms with van der Waals surface area (Å²) in [7, 11) is -1.10. The van der Waals surface area contributed by atoms with E-state index in [-0.39, 0.29) is 23.4 Å². The maximum Gasteiger partial charge on any atom is 0.304 e. The van der Waals surface area contributed by atoms with E-state index in [2.05, 4.69) is 0 Å². The van der Waals surface area contributed by atoms with Gasteiger partial charge in [-0.15, -0.1) is 0 Å². The molecule has 0 aromatic rings. The van der Waals surface area contributed by atoms with Gasteiger partial charge in [0.25, 0.3) is 0 Å². The molecular weight excluding hydrogens is 264 g/mol. The second kappa shape index (κ2) is 6.35. The van der Waals surface area contributed by atoms with Crippen LogP contribution in [0.25, 0.3) is 0 Å². The lowest BCUT2D eigenvalue weighted by Crippen LogP contribution is -2.33. The van der Waals surface area contributed by atoms with Crippen molar-refractivity contribution in [2.24, 2.45) is 0 Å². The summed E-state index contributed by atoms with van der Waals surface area (Å²) in [6.45, 7) is 1.75. The van der Waals surface area contributed by atoms with E-state index in [1.165, 1.54) is 19.3 Å². The van der Waals surface area contributed by atoms with Gasteiger partial charge >= 0.3 is 5.97 Å². The average Bonchev–Trinajstić information content (AvgIpc) is 2.72. The number of carboxylic acid groups (broad SMARTS) is 1. The predicted molar refractivity (Wildman–Crippen MR) is 74.6 cm³/mol. The number of carbonyl (C=O) groups is 1. The fourth-order valence-electron chi connectivity index (χ4n) is 3.26. The van der Waals surface area contributed by atoms with Crippen LogP contribution in [0.1, 0.15) is 58.3 Å². The van der Waals surface area contributed by atoms with E-state index in [1.54, 1.807) is 6.92 Å². The molecule has 0 radical (unpaired) electrons. The van der Waals surface area contributed by atoms with Crippen molar-refractivity contribution in [1.82, 2.24) is 0 Å². The molecule has 4 nitrogen and oxygen atoms in total. The fraction of sp³-hybridized carbons (Fsp3) is 0.929. The van der Waals surface area contributed by atoms with Crippen LogP contribution in [0, 0.1) is 0 Å². The number of hydrogen-bond acceptors (Lipinski definition) is 3. The van der Waals surface area contributed by atoms with Gasteiger partial charge in [-0.3, -0.25) is 9.00 Å². The molecule has 0 aromatic carbocycles. The molecule has 0 aromatic heterocycles. The SMILES string of the molecule is CC(CC(=O)O)S(=O)CC1CCC2(CCCCC2)O1. The Morgan fingerprint density at radius 3 is 2.68 bits per heavy atom. The van der Waals surface area contributed by atoms with Crippen molar-refractivity contribution in [1.29, 1.82) is 0 Å². The molecule has 110 valence electrons. The van der Waals surface area contributed by atoms with Gasteiger partial charge in [0.15, 0.2) is 0 Å². The first-order valence-electron chi connectivity index (χ1n) is 7.27. The van der Waals surface area contributed by atoms with E-state index in [9.17, 15) is 9.00 Å². The minimum atomic E-state index is -1.10. The third-order valence-corrected chi connectivity index (χ3v) is 6.13. The summed E-state index contributed by atoms with van der Waals surface area (Å²) < 4.78 is 18.2. The molecule has 1 saturated carbocycles. The van der Waals surface area contributed by atoms with Crippen LogP contribution in [0.2, 0.25) is 0 Å². The number of ether oxygens (including phenoxy) is 1. The van der Waals surface area contributed by atoms with Crippen molar-refractivity contribution in [3.05, 3.63) is 0 Å². The van der Waals surface area contributed by atoms with Crippen molar-refractivity contribution < 1.29 is 18.8 Å². The molecule has 1 N–H and O–H groups in total. The molecule has 19 heavy (non-hydrogen) atoms. The lowest BCUT2D eigenvalue weighted by Gasteiger charge is -2.33. The van der Waals surface area contributed by atoms with Crippen LogP contribution in [0.15, 0.2) is 0 Å². The Labute approximate surface area is 117 Å². The highest BCUT2D eigenvalue weighted by molar-refractivity contribution is 7.85. The number of carboxylic acids is 1. The van der Waals surface area contributed by atoms with Gasteiger partial charge in [0.05, 0.1) is 23.9 Å². The number of aliphatic carboxylic acids is 1. The van der Waals surface area contributed by atoms with Gasteiger partial charge in [0.1, 0.15) is 0 Å². The zero-order valence-corrected chi connectivity index (χ0v) is 12.4. The quantitative estimate of drug-likeness (QED) is 0.844. The standard InChI is InChI=1S/C14H24O4S/c1-11(9-13(15)16)19(17)10-12-5-8-14(18-12)6-3-2-4-7-14/h11-12H,2-10H2,1H3,(H,15,16). The minimum Gasteiger partial charge on any atom is -0.481 e. The Morgan fingerprint density at radius 2 is 2.05 bits per heavy atom. The normalized spacial score (nSPS) is 29.2. The van der Waals surface area contributed by atoms with E-state index >= 15 is 0 Å². The Hall–Kier alpha value is -0.420. The van der Waals surface area contributed by atoms with Crippen LogP contribution in [0.4, 0.5) is 0 Å². The topological polar surface area (TPSA) is 63.6 Å². The number of hydrogen-bond donors (Lipinski definition) is 1. The molecular formula is C14H24O4S. The lowest BCUT2D eigenvalue weighted by molar-refractivity contribution is -0.136. The van der Waals surface area contributed by atoms with E-state index < -0.39 is 16.8 Å². The van der Waals surface area contributed by atoms with Gasteiger partial charge in [-0.25, -0.2) is 0 Å². The van der Waals surface area contributed by atoms with Gasteiger partial charge < -0.3 is 9.84 Å². The van der Waals surface area contributed by atoms with Crippen LogP contribution < -0.4 is 0 Å². The first-order valence-corrected chi connectivity index (χ1v) is 8.66. The zero-order valence-electron chi connectivity index (χ0n) is 11.6. The predicted octanol–water partition coefficient (Wildman–Crippen LogP) is 2.48. The summed E-state index contributed by atoms with van der Waals surface area (Å²) in [6.07, 6.45) is 8.17. The first kappa shape index (κ1) is 15.0. The highest BCUT2D eigenvalue weighted by Gasteiger charge is 2.41. The summed E-state index contributed by atoms with van der Waals surface area (Å²) in [5.41, 5.74) is 0.0587. The van der Waals surface area contributed by atoms with E-state index in [0.29, 0.717) is 5.75 Å². The Balaban J connectivity index is 1.81. The second-order valence-corrected chi connectivity index (χ2v) is 7.88. The molecule has 1 spiro atoms. The second-order valence-electron chi connectivity index (χ2n) is 5.98. The van der Waals surface area contributed by atoms with E-state index in [1.807, 2.05) is 0 Å². The fourth-order valence-corrected chi connectivity index (χ4v) is 4.52. The van der Waals surface area contributed by atoms with Crippen LogP contribution in [-0.2, 0) is 20.3 Å². The number of rotatable bonds is 5.